The van der Waals surface area contributed by atoms with Crippen molar-refractivity contribution in [2.75, 3.05) is 44.3 Å². The molecule has 5 aromatic rings. The van der Waals surface area contributed by atoms with Crippen molar-refractivity contribution in [2.24, 2.45) is 7.05 Å². The number of piperazine rings is 1. The SMILES string of the molecule is Cc1cc(C)c2nc(Nc3ccc(-c4cn([C@H]5CC[C@H](N6CCN(C)CC6)CC5)c5ncnc(N)c45)cc3)n(C)c2c1. The van der Waals surface area contributed by atoms with Crippen molar-refractivity contribution in [2.45, 2.75) is 51.6 Å². The summed E-state index contributed by atoms with van der Waals surface area (Å²) in [5.41, 5.74) is 15.2. The van der Waals surface area contributed by atoms with E-state index in [1.165, 1.54) is 50.1 Å². The van der Waals surface area contributed by atoms with Gasteiger partial charge in [-0.3, -0.25) is 4.90 Å². The topological polar surface area (TPSA) is 93.1 Å². The van der Waals surface area contributed by atoms with Crippen LogP contribution >= 0.6 is 0 Å². The number of rotatable bonds is 5. The van der Waals surface area contributed by atoms with Crippen molar-refractivity contribution in [3.05, 3.63) is 60.0 Å². The van der Waals surface area contributed by atoms with Crippen LogP contribution in [0, 0.1) is 13.8 Å². The van der Waals surface area contributed by atoms with Gasteiger partial charge in [0, 0.05) is 62.8 Å². The van der Waals surface area contributed by atoms with Gasteiger partial charge in [-0.1, -0.05) is 18.2 Å². The zero-order valence-corrected chi connectivity index (χ0v) is 25.1. The lowest BCUT2D eigenvalue weighted by atomic mass is 9.89. The van der Waals surface area contributed by atoms with E-state index in [-0.39, 0.29) is 0 Å². The largest absolute Gasteiger partial charge is 0.383 e. The molecule has 3 aromatic heterocycles. The van der Waals surface area contributed by atoms with Crippen molar-refractivity contribution < 1.29 is 0 Å². The predicted molar refractivity (Wildman–Crippen MR) is 171 cm³/mol. The van der Waals surface area contributed by atoms with E-state index in [9.17, 15) is 0 Å². The van der Waals surface area contributed by atoms with E-state index < -0.39 is 0 Å². The predicted octanol–water partition coefficient (Wildman–Crippen LogP) is 5.66. The molecule has 2 aliphatic rings. The molecule has 7 rings (SSSR count). The molecular weight excluding hydrogens is 522 g/mol. The monoisotopic (exact) mass is 563 g/mol. The molecule has 9 nitrogen and oxygen atoms in total. The van der Waals surface area contributed by atoms with Gasteiger partial charge in [-0.15, -0.1) is 0 Å². The Morgan fingerprint density at radius 2 is 1.60 bits per heavy atom. The van der Waals surface area contributed by atoms with Crippen LogP contribution in [-0.2, 0) is 7.05 Å². The summed E-state index contributed by atoms with van der Waals surface area (Å²) in [6.07, 6.45) is 8.63. The van der Waals surface area contributed by atoms with Crippen LogP contribution in [-0.4, -0.2) is 73.2 Å². The fraction of sp³-hybridized carbons (Fsp3) is 0.424. The van der Waals surface area contributed by atoms with Crippen LogP contribution in [0.3, 0.4) is 0 Å². The van der Waals surface area contributed by atoms with E-state index in [1.807, 2.05) is 0 Å². The summed E-state index contributed by atoms with van der Waals surface area (Å²) in [6, 6.07) is 14.0. The Morgan fingerprint density at radius 3 is 2.33 bits per heavy atom. The van der Waals surface area contributed by atoms with Crippen molar-refractivity contribution in [3.8, 4) is 11.1 Å². The first-order valence-electron chi connectivity index (χ1n) is 15.2. The van der Waals surface area contributed by atoms with Gasteiger partial charge < -0.3 is 25.1 Å². The smallest absolute Gasteiger partial charge is 0.208 e. The number of anilines is 3. The van der Waals surface area contributed by atoms with E-state index in [0.29, 0.717) is 17.9 Å². The van der Waals surface area contributed by atoms with Crippen LogP contribution in [0.4, 0.5) is 17.5 Å². The Morgan fingerprint density at radius 1 is 0.881 bits per heavy atom. The van der Waals surface area contributed by atoms with Crippen molar-refractivity contribution in [1.29, 1.82) is 0 Å². The zero-order chi connectivity index (χ0) is 29.0. The molecule has 0 spiro atoms. The average molecular weight is 564 g/mol. The molecule has 0 atom stereocenters. The minimum Gasteiger partial charge on any atom is -0.383 e. The first kappa shape index (κ1) is 26.9. The first-order valence-corrected chi connectivity index (χ1v) is 15.2. The molecule has 1 saturated heterocycles. The Balaban J connectivity index is 1.13. The number of fused-ring (bicyclic) bond motifs is 2. The van der Waals surface area contributed by atoms with Crippen LogP contribution in [0.1, 0.15) is 42.9 Å². The third-order valence-corrected chi connectivity index (χ3v) is 9.53. The summed E-state index contributed by atoms with van der Waals surface area (Å²) in [5, 5.41) is 4.46. The van der Waals surface area contributed by atoms with Crippen molar-refractivity contribution in [3.63, 3.8) is 0 Å². The highest BCUT2D eigenvalue weighted by Crippen LogP contribution is 2.39. The minimum absolute atomic E-state index is 0.421. The molecule has 0 amide bonds. The highest BCUT2D eigenvalue weighted by Gasteiger charge is 2.30. The summed E-state index contributed by atoms with van der Waals surface area (Å²) in [5.74, 6) is 1.36. The van der Waals surface area contributed by atoms with Crippen LogP contribution in [0.25, 0.3) is 33.2 Å². The molecule has 4 heterocycles. The summed E-state index contributed by atoms with van der Waals surface area (Å²) in [6.45, 7) is 8.97. The fourth-order valence-corrected chi connectivity index (χ4v) is 7.10. The molecule has 1 aliphatic carbocycles. The number of aromatic nitrogens is 5. The number of aryl methyl sites for hydroxylation is 3. The molecule has 2 aromatic carbocycles. The average Bonchev–Trinajstić information content (AvgIpc) is 3.53. The van der Waals surface area contributed by atoms with Crippen LogP contribution < -0.4 is 11.1 Å². The number of hydrogen-bond acceptors (Lipinski definition) is 7. The van der Waals surface area contributed by atoms with Gasteiger partial charge in [0.1, 0.15) is 17.8 Å². The molecule has 2 fully saturated rings. The van der Waals surface area contributed by atoms with Crippen LogP contribution in [0.2, 0.25) is 0 Å². The molecule has 1 saturated carbocycles. The second kappa shape index (κ2) is 10.7. The molecule has 0 radical (unpaired) electrons. The first-order chi connectivity index (χ1) is 20.4. The quantitative estimate of drug-likeness (QED) is 0.285. The maximum absolute atomic E-state index is 6.48. The molecule has 0 unspecified atom stereocenters. The summed E-state index contributed by atoms with van der Waals surface area (Å²) >= 11 is 0. The van der Waals surface area contributed by atoms with Crippen LogP contribution in [0.5, 0.6) is 0 Å². The number of hydrogen-bond donors (Lipinski definition) is 2. The van der Waals surface area contributed by atoms with Gasteiger partial charge in [0.15, 0.2) is 0 Å². The summed E-state index contributed by atoms with van der Waals surface area (Å²) in [4.78, 5) is 19.1. The second-order valence-corrected chi connectivity index (χ2v) is 12.4. The molecule has 42 heavy (non-hydrogen) atoms. The summed E-state index contributed by atoms with van der Waals surface area (Å²) < 4.78 is 4.49. The van der Waals surface area contributed by atoms with E-state index in [4.69, 9.17) is 15.7 Å². The third kappa shape index (κ3) is 4.80. The Bertz CT molecular complexity index is 1730. The van der Waals surface area contributed by atoms with E-state index in [0.717, 1.165) is 57.7 Å². The van der Waals surface area contributed by atoms with Crippen molar-refractivity contribution in [1.82, 2.24) is 33.9 Å². The second-order valence-electron chi connectivity index (χ2n) is 12.4. The number of nitrogens with zero attached hydrogens (tertiary/aromatic N) is 7. The number of nitrogens with one attached hydrogen (secondary N) is 1. The molecular formula is C33H41N9. The van der Waals surface area contributed by atoms with Gasteiger partial charge in [-0.2, -0.15) is 0 Å². The zero-order valence-electron chi connectivity index (χ0n) is 25.1. The Kier molecular flexibility index (Phi) is 6.86. The summed E-state index contributed by atoms with van der Waals surface area (Å²) in [7, 11) is 4.28. The minimum atomic E-state index is 0.421. The molecule has 9 heteroatoms. The van der Waals surface area contributed by atoms with Gasteiger partial charge in [-0.05, 0) is 81.5 Å². The highest BCUT2D eigenvalue weighted by atomic mass is 15.3. The van der Waals surface area contributed by atoms with E-state index in [2.05, 4.69) is 99.8 Å². The van der Waals surface area contributed by atoms with Crippen molar-refractivity contribution >= 4 is 39.5 Å². The molecule has 218 valence electrons. The third-order valence-electron chi connectivity index (χ3n) is 9.53. The lowest BCUT2D eigenvalue weighted by molar-refractivity contribution is 0.0828. The maximum atomic E-state index is 6.48. The molecule has 1 aliphatic heterocycles. The number of nitrogens with two attached hydrogens (primary N) is 1. The number of imidazole rings is 1. The van der Waals surface area contributed by atoms with Gasteiger partial charge in [0.2, 0.25) is 5.95 Å². The maximum Gasteiger partial charge on any atom is 0.208 e. The molecule has 0 bridgehead atoms. The Labute approximate surface area is 247 Å². The van der Waals surface area contributed by atoms with Gasteiger partial charge in [-0.25, -0.2) is 15.0 Å². The number of benzene rings is 2. The highest BCUT2D eigenvalue weighted by molar-refractivity contribution is 6.00. The van der Waals surface area contributed by atoms with E-state index in [1.54, 1.807) is 6.33 Å². The van der Waals surface area contributed by atoms with Gasteiger partial charge in [0.05, 0.1) is 16.4 Å². The van der Waals surface area contributed by atoms with Crippen LogP contribution in [0.15, 0.2) is 48.9 Å². The number of likely N-dealkylation sites (N-methyl/N-ethyl adjacent to an activating group) is 1. The van der Waals surface area contributed by atoms with E-state index >= 15 is 0 Å². The standard InChI is InChI=1S/C33H41N9/c1-21-17-22(2)30-28(18-21)40(4)33(38-30)37-24-7-5-23(6-8-24)27-19-42(32-29(27)31(34)35-20-36-32)26-11-9-25(10-12-26)41-15-13-39(3)14-16-41/h5-8,17-20,25-26H,9-16H2,1-4H3,(H,37,38)(H2,34,35,36)/t25-,26-. The lowest BCUT2D eigenvalue weighted by Crippen LogP contribution is -2.49. The van der Waals surface area contributed by atoms with Gasteiger partial charge >= 0.3 is 0 Å². The van der Waals surface area contributed by atoms with Gasteiger partial charge in [0.25, 0.3) is 0 Å². The lowest BCUT2D eigenvalue weighted by Gasteiger charge is -2.41. The Hall–Kier alpha value is -3.95. The number of nitrogen functional groups attached to an aromatic ring is 1. The fourth-order valence-electron chi connectivity index (χ4n) is 7.10. The normalized spacial score (nSPS) is 20.5. The molecule has 3 N–H and O–H groups in total.